The molecule has 1 N–H and O–H groups in total. The van der Waals surface area contributed by atoms with Gasteiger partial charge in [0, 0.05) is 35.0 Å². The van der Waals surface area contributed by atoms with Crippen molar-refractivity contribution in [1.29, 1.82) is 5.26 Å². The number of benzene rings is 2. The molecule has 0 spiro atoms. The summed E-state index contributed by atoms with van der Waals surface area (Å²) < 4.78 is 5.11. The van der Waals surface area contributed by atoms with Gasteiger partial charge in [-0.25, -0.2) is 4.98 Å². The molecular weight excluding hydrogens is 364 g/mol. The van der Waals surface area contributed by atoms with Crippen LogP contribution in [0.25, 0.3) is 16.8 Å². The van der Waals surface area contributed by atoms with Crippen LogP contribution in [0.1, 0.15) is 5.01 Å². The number of nitrogens with zero attached hydrogens (tertiary/aromatic N) is 3. The molecule has 0 unspecified atom stereocenters. The van der Waals surface area contributed by atoms with Crippen molar-refractivity contribution >= 4 is 28.3 Å². The highest BCUT2D eigenvalue weighted by atomic mass is 32.1. The zero-order chi connectivity index (χ0) is 19.2. The van der Waals surface area contributed by atoms with E-state index in [1.807, 2.05) is 29.6 Å². The van der Waals surface area contributed by atoms with Gasteiger partial charge in [0.25, 0.3) is 5.69 Å². The number of aromatic nitrogens is 1. The smallest absolute Gasteiger partial charge is 0.269 e. The number of rotatable bonds is 6. The van der Waals surface area contributed by atoms with E-state index in [-0.39, 0.29) is 5.69 Å². The number of ether oxygens (including phenoxy) is 1. The van der Waals surface area contributed by atoms with Crippen LogP contribution in [0, 0.1) is 21.4 Å². The van der Waals surface area contributed by atoms with E-state index >= 15 is 0 Å². The van der Waals surface area contributed by atoms with Crippen molar-refractivity contribution < 1.29 is 9.66 Å². The van der Waals surface area contributed by atoms with Crippen molar-refractivity contribution in [2.24, 2.45) is 0 Å². The predicted molar refractivity (Wildman–Crippen MR) is 104 cm³/mol. The van der Waals surface area contributed by atoms with E-state index in [0.29, 0.717) is 16.3 Å². The second kappa shape index (κ2) is 8.12. The molecule has 2 aromatic carbocycles. The fraction of sp³-hybridized carbons (Fsp3) is 0.0526. The minimum Gasteiger partial charge on any atom is -0.497 e. The van der Waals surface area contributed by atoms with Gasteiger partial charge in [0.1, 0.15) is 22.4 Å². The third-order valence-corrected chi connectivity index (χ3v) is 4.58. The molecule has 8 heteroatoms. The van der Waals surface area contributed by atoms with Crippen LogP contribution in [0.3, 0.4) is 0 Å². The Bertz CT molecular complexity index is 1020. The van der Waals surface area contributed by atoms with E-state index in [0.717, 1.165) is 17.0 Å². The van der Waals surface area contributed by atoms with Crippen molar-refractivity contribution in [2.75, 3.05) is 12.4 Å². The van der Waals surface area contributed by atoms with E-state index in [1.165, 1.54) is 23.5 Å². The lowest BCUT2D eigenvalue weighted by atomic mass is 10.1. The van der Waals surface area contributed by atoms with Gasteiger partial charge in [-0.2, -0.15) is 5.26 Å². The van der Waals surface area contributed by atoms with Gasteiger partial charge in [-0.1, -0.05) is 0 Å². The molecule has 0 bridgehead atoms. The summed E-state index contributed by atoms with van der Waals surface area (Å²) in [7, 11) is 1.60. The number of allylic oxidation sites excluding steroid dienone is 1. The second-order valence-corrected chi connectivity index (χ2v) is 6.24. The Morgan fingerprint density at radius 1 is 1.26 bits per heavy atom. The number of methoxy groups -OCH3 is 1. The average molecular weight is 378 g/mol. The molecule has 3 rings (SSSR count). The maximum absolute atomic E-state index is 10.7. The summed E-state index contributed by atoms with van der Waals surface area (Å²) in [6.07, 6.45) is 1.60. The molecule has 7 nitrogen and oxygen atoms in total. The number of nitro groups is 1. The Balaban J connectivity index is 1.78. The molecule has 0 saturated heterocycles. The van der Waals surface area contributed by atoms with Crippen LogP contribution < -0.4 is 10.1 Å². The van der Waals surface area contributed by atoms with Crippen molar-refractivity contribution in [1.82, 2.24) is 4.98 Å². The van der Waals surface area contributed by atoms with Crippen molar-refractivity contribution in [2.45, 2.75) is 0 Å². The molecular formula is C19H14N4O3S. The van der Waals surface area contributed by atoms with Crippen LogP contribution >= 0.6 is 11.3 Å². The topological polar surface area (TPSA) is 101 Å². The van der Waals surface area contributed by atoms with Crippen molar-refractivity contribution in [3.8, 4) is 23.1 Å². The number of nitro benzene ring substituents is 1. The van der Waals surface area contributed by atoms with Gasteiger partial charge in [0.2, 0.25) is 0 Å². The summed E-state index contributed by atoms with van der Waals surface area (Å²) in [5.74, 6) is 0.748. The van der Waals surface area contributed by atoms with Crippen molar-refractivity contribution in [3.05, 3.63) is 75.2 Å². The maximum Gasteiger partial charge on any atom is 0.269 e. The van der Waals surface area contributed by atoms with Crippen LogP contribution in [0.15, 0.2) is 60.1 Å². The monoisotopic (exact) mass is 378 g/mol. The van der Waals surface area contributed by atoms with E-state index < -0.39 is 4.92 Å². The Labute approximate surface area is 159 Å². The SMILES string of the molecule is COc1ccc(N/C=C(\C#N)c2nc(-c3ccc([N+](=O)[O-])cc3)cs2)cc1. The molecule has 0 aliphatic carbocycles. The minimum absolute atomic E-state index is 0.0236. The van der Waals surface area contributed by atoms with E-state index in [4.69, 9.17) is 4.74 Å². The molecule has 134 valence electrons. The highest BCUT2D eigenvalue weighted by molar-refractivity contribution is 7.11. The molecule has 0 aliphatic heterocycles. The molecule has 0 radical (unpaired) electrons. The zero-order valence-electron chi connectivity index (χ0n) is 14.2. The Hall–Kier alpha value is -3.70. The molecule has 0 saturated carbocycles. The largest absolute Gasteiger partial charge is 0.497 e. The first kappa shape index (κ1) is 18.1. The molecule has 27 heavy (non-hydrogen) atoms. The Kier molecular flexibility index (Phi) is 5.44. The third-order valence-electron chi connectivity index (χ3n) is 3.70. The average Bonchev–Trinajstić information content (AvgIpc) is 3.19. The van der Waals surface area contributed by atoms with Gasteiger partial charge in [0.15, 0.2) is 0 Å². The molecule has 0 fully saturated rings. The molecule has 0 atom stereocenters. The van der Waals surface area contributed by atoms with Crippen LogP contribution in [0.5, 0.6) is 5.75 Å². The first-order chi connectivity index (χ1) is 13.1. The second-order valence-electron chi connectivity index (χ2n) is 5.38. The highest BCUT2D eigenvalue weighted by Gasteiger charge is 2.11. The number of hydrogen-bond acceptors (Lipinski definition) is 7. The van der Waals surface area contributed by atoms with Gasteiger partial charge >= 0.3 is 0 Å². The first-order valence-corrected chi connectivity index (χ1v) is 8.70. The van der Waals surface area contributed by atoms with Gasteiger partial charge < -0.3 is 10.1 Å². The van der Waals surface area contributed by atoms with Crippen LogP contribution in [-0.2, 0) is 0 Å². The maximum atomic E-state index is 10.7. The Morgan fingerprint density at radius 3 is 2.56 bits per heavy atom. The Morgan fingerprint density at radius 2 is 1.96 bits per heavy atom. The summed E-state index contributed by atoms with van der Waals surface area (Å²) >= 11 is 1.33. The summed E-state index contributed by atoms with van der Waals surface area (Å²) in [5.41, 5.74) is 2.65. The lowest BCUT2D eigenvalue weighted by molar-refractivity contribution is -0.384. The van der Waals surface area contributed by atoms with E-state index in [1.54, 1.807) is 25.4 Å². The standard InChI is InChI=1S/C19H14N4O3S/c1-26-17-8-4-15(5-9-17)21-11-14(10-20)19-22-18(12-27-19)13-2-6-16(7-3-13)23(24)25/h2-9,11-12,21H,1H3/b14-11+. The third kappa shape index (κ3) is 4.29. The number of non-ortho nitro benzene ring substituents is 1. The lowest BCUT2D eigenvalue weighted by Crippen LogP contribution is -1.91. The van der Waals surface area contributed by atoms with Gasteiger partial charge in [0.05, 0.1) is 17.7 Å². The van der Waals surface area contributed by atoms with Crippen molar-refractivity contribution in [3.63, 3.8) is 0 Å². The number of nitriles is 1. The minimum atomic E-state index is -0.447. The number of hydrogen-bond donors (Lipinski definition) is 1. The molecule has 1 heterocycles. The molecule has 0 aliphatic rings. The zero-order valence-corrected chi connectivity index (χ0v) is 15.1. The van der Waals surface area contributed by atoms with Gasteiger partial charge in [-0.3, -0.25) is 10.1 Å². The summed E-state index contributed by atoms with van der Waals surface area (Å²) in [6.45, 7) is 0. The molecule has 1 aromatic heterocycles. The quantitative estimate of drug-likeness (QED) is 0.379. The van der Waals surface area contributed by atoms with Gasteiger partial charge in [-0.15, -0.1) is 11.3 Å². The summed E-state index contributed by atoms with van der Waals surface area (Å²) in [4.78, 5) is 14.8. The molecule has 0 amide bonds. The first-order valence-electron chi connectivity index (χ1n) is 7.82. The van der Waals surface area contributed by atoms with E-state index in [9.17, 15) is 15.4 Å². The van der Waals surface area contributed by atoms with Gasteiger partial charge in [-0.05, 0) is 36.4 Å². The van der Waals surface area contributed by atoms with E-state index in [2.05, 4.69) is 16.4 Å². The van der Waals surface area contributed by atoms with Crippen LogP contribution in [0.2, 0.25) is 0 Å². The summed E-state index contributed by atoms with van der Waals surface area (Å²) in [5, 5.41) is 25.6. The van der Waals surface area contributed by atoms with Crippen LogP contribution in [-0.4, -0.2) is 17.0 Å². The summed E-state index contributed by atoms with van der Waals surface area (Å²) in [6, 6.07) is 15.6. The lowest BCUT2D eigenvalue weighted by Gasteiger charge is -2.03. The number of thiazole rings is 1. The normalized spacial score (nSPS) is 10.9. The number of nitrogens with one attached hydrogen (secondary N) is 1. The highest BCUT2D eigenvalue weighted by Crippen LogP contribution is 2.27. The number of anilines is 1. The van der Waals surface area contributed by atoms with Crippen LogP contribution in [0.4, 0.5) is 11.4 Å². The fourth-order valence-corrected chi connectivity index (χ4v) is 3.06. The predicted octanol–water partition coefficient (Wildman–Crippen LogP) is 4.70. The fourth-order valence-electron chi connectivity index (χ4n) is 2.27. The molecule has 3 aromatic rings.